The quantitative estimate of drug-likeness (QED) is 0.536. The number of aromatic nitrogens is 2. The Morgan fingerprint density at radius 3 is 2.41 bits per heavy atom. The Morgan fingerprint density at radius 2 is 1.89 bits per heavy atom. The number of rotatable bonds is 6. The number of carbonyl (C=O) groups excluding carboxylic acids is 1. The molecular formula is C15H14Cl2F3N3O4. The van der Waals surface area contributed by atoms with Crippen LogP contribution in [0.15, 0.2) is 18.2 Å². The molecule has 12 heteroatoms. The van der Waals surface area contributed by atoms with E-state index in [1.807, 2.05) is 0 Å². The first-order valence-corrected chi connectivity index (χ1v) is 8.19. The van der Waals surface area contributed by atoms with Gasteiger partial charge in [-0.2, -0.15) is 17.9 Å². The lowest BCUT2D eigenvalue weighted by Crippen LogP contribution is -2.30. The zero-order chi connectivity index (χ0) is 20.2. The van der Waals surface area contributed by atoms with E-state index in [4.69, 9.17) is 32.8 Å². The van der Waals surface area contributed by atoms with Crippen LogP contribution in [0.4, 0.5) is 18.0 Å². The predicted molar refractivity (Wildman–Crippen MR) is 90.0 cm³/mol. The third-order valence-electron chi connectivity index (χ3n) is 3.14. The van der Waals surface area contributed by atoms with Gasteiger partial charge in [-0.1, -0.05) is 23.2 Å². The molecule has 0 aliphatic heterocycles. The lowest BCUT2D eigenvalue weighted by atomic mass is 10.2. The summed E-state index contributed by atoms with van der Waals surface area (Å²) < 4.78 is 44.8. The maximum atomic E-state index is 12.8. The molecular weight excluding hydrogens is 414 g/mol. The molecule has 2 rings (SSSR count). The first-order valence-electron chi connectivity index (χ1n) is 7.44. The zero-order valence-electron chi connectivity index (χ0n) is 14.1. The molecule has 148 valence electrons. The Kier molecular flexibility index (Phi) is 6.93. The van der Waals surface area contributed by atoms with Crippen LogP contribution in [0, 0.1) is 0 Å². The molecule has 0 unspecified atom stereocenters. The summed E-state index contributed by atoms with van der Waals surface area (Å²) in [4.78, 5) is 21.3. The van der Waals surface area contributed by atoms with Crippen LogP contribution in [0.2, 0.25) is 10.0 Å². The van der Waals surface area contributed by atoms with Crippen molar-refractivity contribution in [3.8, 4) is 11.6 Å². The third kappa shape index (κ3) is 5.25. The lowest BCUT2D eigenvalue weighted by Gasteiger charge is -2.11. The van der Waals surface area contributed by atoms with Crippen LogP contribution in [-0.4, -0.2) is 29.5 Å². The number of amides is 1. The Labute approximate surface area is 161 Å². The van der Waals surface area contributed by atoms with E-state index in [0.717, 1.165) is 4.68 Å². The molecule has 0 saturated heterocycles. The van der Waals surface area contributed by atoms with Gasteiger partial charge in [0.05, 0.1) is 28.4 Å². The Hall–Kier alpha value is -2.01. The molecule has 1 aromatic carbocycles. The van der Waals surface area contributed by atoms with Crippen LogP contribution in [0.1, 0.15) is 18.2 Å². The van der Waals surface area contributed by atoms with Crippen molar-refractivity contribution in [3.63, 3.8) is 0 Å². The van der Waals surface area contributed by atoms with Crippen molar-refractivity contribution in [2.45, 2.75) is 19.7 Å². The molecule has 0 spiro atoms. The first kappa shape index (κ1) is 21.3. The summed E-state index contributed by atoms with van der Waals surface area (Å²) in [5, 5.41) is 5.75. The van der Waals surface area contributed by atoms with Gasteiger partial charge in [0.2, 0.25) is 5.88 Å². The summed E-state index contributed by atoms with van der Waals surface area (Å²) in [6.45, 7) is 1.92. The van der Waals surface area contributed by atoms with Crippen molar-refractivity contribution in [1.82, 2.24) is 15.1 Å². The Balaban J connectivity index is 2.35. The van der Waals surface area contributed by atoms with Crippen LogP contribution >= 0.6 is 23.2 Å². The van der Waals surface area contributed by atoms with E-state index < -0.39 is 17.8 Å². The van der Waals surface area contributed by atoms with Gasteiger partial charge in [-0.05, 0) is 19.1 Å². The Bertz CT molecular complexity index is 804. The van der Waals surface area contributed by atoms with E-state index in [1.54, 1.807) is 6.92 Å². The second-order valence-corrected chi connectivity index (χ2v) is 5.83. The molecule has 0 bridgehead atoms. The third-order valence-corrected chi connectivity index (χ3v) is 3.70. The summed E-state index contributed by atoms with van der Waals surface area (Å²) in [6.07, 6.45) is -4.61. The molecule has 0 fully saturated rings. The number of nitrogens with one attached hydrogen (secondary N) is 1. The number of ether oxygens (including phenoxy) is 1. The van der Waals surface area contributed by atoms with E-state index in [-0.39, 0.29) is 34.0 Å². The number of nitrogens with zero attached hydrogens (tertiary/aromatic N) is 2. The molecule has 1 heterocycles. The molecule has 7 nitrogen and oxygen atoms in total. The summed E-state index contributed by atoms with van der Waals surface area (Å²) in [6, 6.07) is 2.13. The lowest BCUT2D eigenvalue weighted by molar-refractivity contribution is -0.283. The maximum absolute atomic E-state index is 12.8. The number of halogens is 5. The molecule has 0 atom stereocenters. The van der Waals surface area contributed by atoms with Crippen LogP contribution < -0.4 is 10.1 Å². The smallest absolute Gasteiger partial charge is 0.416 e. The maximum Gasteiger partial charge on any atom is 0.416 e. The fourth-order valence-corrected chi connectivity index (χ4v) is 2.56. The number of benzene rings is 1. The van der Waals surface area contributed by atoms with Crippen molar-refractivity contribution in [2.24, 2.45) is 0 Å². The molecule has 2 aromatic rings. The number of hydrogen-bond donors (Lipinski definition) is 1. The second-order valence-electron chi connectivity index (χ2n) is 5.02. The highest BCUT2D eigenvalue weighted by Gasteiger charge is 2.32. The number of carbonyl (C=O) groups is 1. The molecule has 0 radical (unpaired) electrons. The van der Waals surface area contributed by atoms with E-state index in [0.29, 0.717) is 18.7 Å². The van der Waals surface area contributed by atoms with Gasteiger partial charge in [0.15, 0.2) is 5.75 Å². The highest BCUT2D eigenvalue weighted by molar-refractivity contribution is 6.37. The van der Waals surface area contributed by atoms with Crippen LogP contribution in [-0.2, 0) is 22.6 Å². The fourth-order valence-electron chi connectivity index (χ4n) is 1.99. The molecule has 0 saturated carbocycles. The minimum atomic E-state index is -4.61. The molecule has 1 aromatic heterocycles. The molecule has 1 N–H and O–H groups in total. The largest absolute Gasteiger partial charge is 0.434 e. The van der Waals surface area contributed by atoms with E-state index in [1.165, 1.54) is 13.2 Å². The van der Waals surface area contributed by atoms with Crippen LogP contribution in [0.3, 0.4) is 0 Å². The zero-order valence-corrected chi connectivity index (χ0v) is 15.6. The summed E-state index contributed by atoms with van der Waals surface area (Å²) >= 11 is 11.7. The topological polar surface area (TPSA) is 74.6 Å². The van der Waals surface area contributed by atoms with Gasteiger partial charge < -0.3 is 10.1 Å². The number of hydrogen-bond acceptors (Lipinski definition) is 5. The summed E-state index contributed by atoms with van der Waals surface area (Å²) in [7, 11) is 1.28. The fraction of sp³-hybridized carbons (Fsp3) is 0.333. The monoisotopic (exact) mass is 427 g/mol. The van der Waals surface area contributed by atoms with Gasteiger partial charge in [-0.3, -0.25) is 0 Å². The SMILES string of the molecule is CCNC(=O)n1nc(Oc2c(Cl)cc(C(F)(F)F)cc2Cl)cc1COOC. The standard InChI is InChI=1S/C15H14Cl2F3N3O4/c1-3-21-14(24)23-9(7-26-25-2)6-12(22-23)27-13-10(16)4-8(5-11(13)17)15(18,19)20/h4-6H,3,7H2,1-2H3,(H,21,24). The van der Waals surface area contributed by atoms with Crippen molar-refractivity contribution < 1.29 is 32.5 Å². The van der Waals surface area contributed by atoms with Gasteiger partial charge in [0.25, 0.3) is 0 Å². The average Bonchev–Trinajstić information content (AvgIpc) is 2.98. The van der Waals surface area contributed by atoms with E-state index in [9.17, 15) is 18.0 Å². The summed E-state index contributed by atoms with van der Waals surface area (Å²) in [5.41, 5.74) is -0.760. The Morgan fingerprint density at radius 1 is 1.26 bits per heavy atom. The summed E-state index contributed by atoms with van der Waals surface area (Å²) in [5.74, 6) is -0.356. The minimum absolute atomic E-state index is 0.125. The van der Waals surface area contributed by atoms with Gasteiger partial charge in [-0.15, -0.1) is 5.10 Å². The molecule has 0 aliphatic rings. The molecule has 27 heavy (non-hydrogen) atoms. The van der Waals surface area contributed by atoms with Crippen molar-refractivity contribution in [2.75, 3.05) is 13.7 Å². The van der Waals surface area contributed by atoms with Crippen molar-refractivity contribution >= 4 is 29.2 Å². The van der Waals surface area contributed by atoms with Crippen LogP contribution in [0.25, 0.3) is 0 Å². The van der Waals surface area contributed by atoms with Gasteiger partial charge in [-0.25, -0.2) is 14.6 Å². The predicted octanol–water partition coefficient (Wildman–Crippen LogP) is 4.66. The normalized spacial score (nSPS) is 11.5. The van der Waals surface area contributed by atoms with Crippen LogP contribution in [0.5, 0.6) is 11.6 Å². The van der Waals surface area contributed by atoms with Gasteiger partial charge >= 0.3 is 12.2 Å². The molecule has 0 aliphatic carbocycles. The average molecular weight is 428 g/mol. The second kappa shape index (κ2) is 8.79. The van der Waals surface area contributed by atoms with Crippen molar-refractivity contribution in [1.29, 1.82) is 0 Å². The van der Waals surface area contributed by atoms with E-state index >= 15 is 0 Å². The highest BCUT2D eigenvalue weighted by Crippen LogP contribution is 2.41. The highest BCUT2D eigenvalue weighted by atomic mass is 35.5. The first-order chi connectivity index (χ1) is 12.7. The van der Waals surface area contributed by atoms with E-state index in [2.05, 4.69) is 15.3 Å². The van der Waals surface area contributed by atoms with Gasteiger partial charge in [0.1, 0.15) is 6.61 Å². The number of alkyl halides is 3. The van der Waals surface area contributed by atoms with Gasteiger partial charge in [0, 0.05) is 12.6 Å². The van der Waals surface area contributed by atoms with Crippen molar-refractivity contribution in [3.05, 3.63) is 39.5 Å². The minimum Gasteiger partial charge on any atom is -0.434 e. The molecule has 1 amide bonds.